The third-order valence-electron chi connectivity index (χ3n) is 3.61. The van der Waals surface area contributed by atoms with Crippen LogP contribution < -0.4 is 15.4 Å². The molecule has 0 unspecified atom stereocenters. The highest BCUT2D eigenvalue weighted by Gasteiger charge is 2.31. The maximum Gasteiger partial charge on any atom is 0.259 e. The minimum absolute atomic E-state index is 0.00651. The molecule has 126 valence electrons. The van der Waals surface area contributed by atoms with Gasteiger partial charge in [0.15, 0.2) is 0 Å². The van der Waals surface area contributed by atoms with Gasteiger partial charge >= 0.3 is 0 Å². The molecule has 10 heteroatoms. The zero-order valence-electron chi connectivity index (χ0n) is 13.0. The third-order valence-corrected chi connectivity index (χ3v) is 4.00. The second-order valence-electron chi connectivity index (χ2n) is 5.35. The Kier molecular flexibility index (Phi) is 4.34. The first-order chi connectivity index (χ1) is 11.5. The number of nitrogens with one attached hydrogen (secondary N) is 2. The first-order valence-corrected chi connectivity index (χ1v) is 7.60. The van der Waals surface area contributed by atoms with E-state index in [-0.39, 0.29) is 34.0 Å². The Morgan fingerprint density at radius 3 is 2.67 bits per heavy atom. The van der Waals surface area contributed by atoms with Crippen LogP contribution in [0, 0.1) is 5.92 Å². The Hall–Kier alpha value is -2.68. The minimum atomic E-state index is -0.498. The Bertz CT molecular complexity index is 802. The quantitative estimate of drug-likeness (QED) is 0.844. The molecule has 9 nitrogen and oxygen atoms in total. The molecule has 2 aromatic rings. The first kappa shape index (κ1) is 16.2. The second kappa shape index (κ2) is 6.44. The van der Waals surface area contributed by atoms with E-state index >= 15 is 0 Å². The molecule has 3 rings (SSSR count). The summed E-state index contributed by atoms with van der Waals surface area (Å²) < 4.78 is 6.53. The van der Waals surface area contributed by atoms with Crippen LogP contribution in [0.3, 0.4) is 0 Å². The molecule has 2 N–H and O–H groups in total. The van der Waals surface area contributed by atoms with Gasteiger partial charge in [0.2, 0.25) is 11.9 Å². The lowest BCUT2D eigenvalue weighted by Gasteiger charge is -2.14. The van der Waals surface area contributed by atoms with Crippen LogP contribution in [0.15, 0.2) is 12.1 Å². The fraction of sp³-hybridized carbons (Fsp3) is 0.357. The monoisotopic (exact) mass is 350 g/mol. The largest absolute Gasteiger partial charge is 0.495 e. The summed E-state index contributed by atoms with van der Waals surface area (Å²) >= 11 is 6.32. The van der Waals surface area contributed by atoms with Crippen LogP contribution in [-0.4, -0.2) is 39.1 Å². The molecule has 0 aliphatic heterocycles. The summed E-state index contributed by atoms with van der Waals surface area (Å²) in [4.78, 5) is 24.4. The summed E-state index contributed by atoms with van der Waals surface area (Å²) in [5.74, 6) is -0.0815. The second-order valence-corrected chi connectivity index (χ2v) is 5.73. The van der Waals surface area contributed by atoms with Crippen molar-refractivity contribution in [1.29, 1.82) is 0 Å². The molecule has 1 aliphatic rings. The number of halogens is 1. The average molecular weight is 351 g/mol. The molecule has 0 spiro atoms. The third kappa shape index (κ3) is 3.16. The van der Waals surface area contributed by atoms with Crippen molar-refractivity contribution in [3.05, 3.63) is 22.7 Å². The number of aryl methyl sites for hydroxylation is 1. The Balaban J connectivity index is 1.89. The number of amides is 2. The van der Waals surface area contributed by atoms with E-state index in [2.05, 4.69) is 26.2 Å². The highest BCUT2D eigenvalue weighted by atomic mass is 35.5. The topological polar surface area (TPSA) is 111 Å². The van der Waals surface area contributed by atoms with Crippen LogP contribution >= 0.6 is 11.6 Å². The van der Waals surface area contributed by atoms with Crippen molar-refractivity contribution in [2.24, 2.45) is 13.0 Å². The zero-order valence-corrected chi connectivity index (χ0v) is 13.8. The van der Waals surface area contributed by atoms with Gasteiger partial charge in [0.25, 0.3) is 5.91 Å². The number of anilines is 2. The molecule has 1 fully saturated rings. The predicted molar refractivity (Wildman–Crippen MR) is 86.1 cm³/mol. The fourth-order valence-corrected chi connectivity index (χ4v) is 2.38. The van der Waals surface area contributed by atoms with Gasteiger partial charge in [-0.1, -0.05) is 16.7 Å². The Morgan fingerprint density at radius 2 is 2.08 bits per heavy atom. The molecule has 2 amide bonds. The van der Waals surface area contributed by atoms with Crippen molar-refractivity contribution < 1.29 is 14.3 Å². The number of nitrogens with zero attached hydrogens (tertiary/aromatic N) is 4. The average Bonchev–Trinajstić information content (AvgIpc) is 3.34. The van der Waals surface area contributed by atoms with E-state index in [9.17, 15) is 9.59 Å². The van der Waals surface area contributed by atoms with E-state index in [0.29, 0.717) is 5.75 Å². The molecule has 1 aliphatic carbocycles. The molecule has 0 radical (unpaired) electrons. The molecular formula is C14H15ClN6O3. The zero-order chi connectivity index (χ0) is 17.3. The molecule has 1 heterocycles. The molecule has 0 atom stereocenters. The molecule has 1 saturated carbocycles. The van der Waals surface area contributed by atoms with Gasteiger partial charge in [-0.3, -0.25) is 14.9 Å². The number of benzene rings is 1. The van der Waals surface area contributed by atoms with E-state index in [4.69, 9.17) is 16.3 Å². The van der Waals surface area contributed by atoms with E-state index in [1.54, 1.807) is 13.1 Å². The van der Waals surface area contributed by atoms with Crippen molar-refractivity contribution in [2.45, 2.75) is 12.8 Å². The number of rotatable bonds is 5. The number of carbonyl (C=O) groups is 2. The van der Waals surface area contributed by atoms with Crippen LogP contribution in [0.25, 0.3) is 0 Å². The molecular weight excluding hydrogens is 336 g/mol. The first-order valence-electron chi connectivity index (χ1n) is 7.22. The number of carbonyl (C=O) groups excluding carboxylic acids is 2. The van der Waals surface area contributed by atoms with Crippen molar-refractivity contribution in [2.75, 3.05) is 17.7 Å². The van der Waals surface area contributed by atoms with Crippen LogP contribution in [0.2, 0.25) is 5.02 Å². The number of methoxy groups -OCH3 is 1. The molecule has 0 bridgehead atoms. The fourth-order valence-electron chi connectivity index (χ4n) is 2.10. The van der Waals surface area contributed by atoms with E-state index in [1.807, 2.05) is 0 Å². The van der Waals surface area contributed by atoms with Crippen LogP contribution in [-0.2, 0) is 11.8 Å². The van der Waals surface area contributed by atoms with E-state index in [1.165, 1.54) is 17.9 Å². The maximum atomic E-state index is 12.4. The summed E-state index contributed by atoms with van der Waals surface area (Å²) in [6.07, 6.45) is 1.70. The van der Waals surface area contributed by atoms with E-state index < -0.39 is 5.91 Å². The predicted octanol–water partition coefficient (Wildman–Crippen LogP) is 1.47. The maximum absolute atomic E-state index is 12.4. The lowest BCUT2D eigenvalue weighted by molar-refractivity contribution is -0.117. The number of tetrazole rings is 1. The Labute approximate surface area is 142 Å². The smallest absolute Gasteiger partial charge is 0.259 e. The van der Waals surface area contributed by atoms with Gasteiger partial charge in [0, 0.05) is 13.0 Å². The van der Waals surface area contributed by atoms with Gasteiger partial charge in [-0.15, -0.1) is 0 Å². The minimum Gasteiger partial charge on any atom is -0.495 e. The summed E-state index contributed by atoms with van der Waals surface area (Å²) in [5.41, 5.74) is 0.450. The van der Waals surface area contributed by atoms with Gasteiger partial charge in [0.05, 0.1) is 17.7 Å². The molecule has 1 aromatic heterocycles. The highest BCUT2D eigenvalue weighted by Crippen LogP contribution is 2.38. The number of ether oxygens (including phenoxy) is 1. The standard InChI is InChI=1S/C14H15ClN6O3/c1-21-14(18-19-20-21)17-13(23)8-5-6-9(24-2)11(10(8)15)16-12(22)7-3-4-7/h5-7H,3-4H2,1-2H3,(H,16,22)(H,17,18,20,23). The summed E-state index contributed by atoms with van der Waals surface area (Å²) in [5, 5.41) is 16.1. The SMILES string of the molecule is COc1ccc(C(=O)Nc2nnnn2C)c(Cl)c1NC(=O)C1CC1. The van der Waals surface area contributed by atoms with Crippen molar-refractivity contribution in [1.82, 2.24) is 20.2 Å². The highest BCUT2D eigenvalue weighted by molar-refractivity contribution is 6.37. The lowest BCUT2D eigenvalue weighted by atomic mass is 10.1. The van der Waals surface area contributed by atoms with Gasteiger partial charge in [-0.2, -0.15) is 0 Å². The van der Waals surface area contributed by atoms with Gasteiger partial charge in [-0.25, -0.2) is 4.68 Å². The number of aromatic nitrogens is 4. The normalized spacial score (nSPS) is 13.5. The van der Waals surface area contributed by atoms with Gasteiger partial charge in [-0.05, 0) is 35.4 Å². The van der Waals surface area contributed by atoms with Crippen LogP contribution in [0.1, 0.15) is 23.2 Å². The van der Waals surface area contributed by atoms with Gasteiger partial charge in [0.1, 0.15) is 11.4 Å². The van der Waals surface area contributed by atoms with Gasteiger partial charge < -0.3 is 10.1 Å². The van der Waals surface area contributed by atoms with Crippen LogP contribution in [0.5, 0.6) is 5.75 Å². The Morgan fingerprint density at radius 1 is 1.33 bits per heavy atom. The lowest BCUT2D eigenvalue weighted by Crippen LogP contribution is -2.18. The van der Waals surface area contributed by atoms with Crippen LogP contribution in [0.4, 0.5) is 11.6 Å². The van der Waals surface area contributed by atoms with Crippen molar-refractivity contribution in [3.8, 4) is 5.75 Å². The van der Waals surface area contributed by atoms with Crippen molar-refractivity contribution >= 4 is 35.1 Å². The van der Waals surface area contributed by atoms with E-state index in [0.717, 1.165) is 12.8 Å². The molecule has 0 saturated heterocycles. The summed E-state index contributed by atoms with van der Waals surface area (Å²) in [6.45, 7) is 0. The molecule has 24 heavy (non-hydrogen) atoms. The summed E-state index contributed by atoms with van der Waals surface area (Å²) in [6, 6.07) is 3.07. The number of hydrogen-bond acceptors (Lipinski definition) is 6. The van der Waals surface area contributed by atoms with Crippen molar-refractivity contribution in [3.63, 3.8) is 0 Å². The molecule has 1 aromatic carbocycles. The number of hydrogen-bond donors (Lipinski definition) is 2. The summed E-state index contributed by atoms with van der Waals surface area (Å²) in [7, 11) is 3.05.